The molecule has 1 aliphatic rings. The molecule has 1 aliphatic carbocycles. The maximum Gasteiger partial charge on any atom is 0.0426 e. The molecule has 0 saturated heterocycles. The van der Waals surface area contributed by atoms with Gasteiger partial charge < -0.3 is 0 Å². The van der Waals surface area contributed by atoms with Gasteiger partial charge in [-0.3, -0.25) is 0 Å². The van der Waals surface area contributed by atoms with Gasteiger partial charge in [-0.25, -0.2) is 0 Å². The molecule has 0 bridgehead atoms. The van der Waals surface area contributed by atoms with E-state index in [-0.39, 0.29) is 0 Å². The number of rotatable bonds is 2. The molecular formula is C17H24Br2. The van der Waals surface area contributed by atoms with Gasteiger partial charge in [-0.05, 0) is 55.4 Å². The van der Waals surface area contributed by atoms with Crippen LogP contribution in [-0.4, -0.2) is 0 Å². The summed E-state index contributed by atoms with van der Waals surface area (Å²) in [7, 11) is 0. The SMILES string of the molecule is Cc1cc(C(Br)C2CCCCCCC2)c(C)cc1Br. The van der Waals surface area contributed by atoms with Crippen LogP contribution in [0.4, 0.5) is 0 Å². The highest BCUT2D eigenvalue weighted by Gasteiger charge is 2.23. The average molecular weight is 388 g/mol. The molecule has 1 aromatic carbocycles. The Kier molecular flexibility index (Phi) is 5.95. The molecule has 0 spiro atoms. The van der Waals surface area contributed by atoms with Crippen molar-refractivity contribution in [1.29, 1.82) is 0 Å². The van der Waals surface area contributed by atoms with Crippen molar-refractivity contribution in [2.45, 2.75) is 63.6 Å². The van der Waals surface area contributed by atoms with E-state index in [0.717, 1.165) is 5.92 Å². The topological polar surface area (TPSA) is 0 Å². The van der Waals surface area contributed by atoms with Crippen LogP contribution < -0.4 is 0 Å². The molecule has 106 valence electrons. The third-order valence-electron chi connectivity index (χ3n) is 4.41. The second kappa shape index (κ2) is 7.26. The molecule has 0 heterocycles. The zero-order valence-electron chi connectivity index (χ0n) is 12.0. The largest absolute Gasteiger partial charge is 0.0836 e. The lowest BCUT2D eigenvalue weighted by Gasteiger charge is -2.26. The molecule has 1 fully saturated rings. The van der Waals surface area contributed by atoms with Gasteiger partial charge in [0.25, 0.3) is 0 Å². The number of alkyl halides is 1. The standard InChI is InChI=1S/C17H24Br2/c1-12-11-16(18)13(2)10-15(12)17(19)14-8-6-4-3-5-7-9-14/h10-11,14,17H,3-9H2,1-2H3. The van der Waals surface area contributed by atoms with Gasteiger partial charge in [-0.2, -0.15) is 0 Å². The molecule has 2 heteroatoms. The van der Waals surface area contributed by atoms with Gasteiger partial charge in [-0.1, -0.05) is 70.0 Å². The van der Waals surface area contributed by atoms with Crippen LogP contribution in [0.25, 0.3) is 0 Å². The minimum Gasteiger partial charge on any atom is -0.0836 e. The van der Waals surface area contributed by atoms with Crippen molar-refractivity contribution >= 4 is 31.9 Å². The first kappa shape index (κ1) is 15.6. The number of benzene rings is 1. The first-order valence-electron chi connectivity index (χ1n) is 7.50. The summed E-state index contributed by atoms with van der Waals surface area (Å²) in [4.78, 5) is 0.525. The molecule has 19 heavy (non-hydrogen) atoms. The smallest absolute Gasteiger partial charge is 0.0426 e. The number of hydrogen-bond donors (Lipinski definition) is 0. The van der Waals surface area contributed by atoms with E-state index in [1.807, 2.05) is 0 Å². The van der Waals surface area contributed by atoms with Crippen molar-refractivity contribution in [3.8, 4) is 0 Å². The Morgan fingerprint density at radius 2 is 1.53 bits per heavy atom. The van der Waals surface area contributed by atoms with Crippen molar-refractivity contribution in [2.75, 3.05) is 0 Å². The highest BCUT2D eigenvalue weighted by molar-refractivity contribution is 9.10. The highest BCUT2D eigenvalue weighted by Crippen LogP contribution is 2.41. The van der Waals surface area contributed by atoms with E-state index in [4.69, 9.17) is 0 Å². The van der Waals surface area contributed by atoms with Crippen LogP contribution in [0.3, 0.4) is 0 Å². The molecule has 2 rings (SSSR count). The summed E-state index contributed by atoms with van der Waals surface area (Å²) in [6, 6.07) is 4.62. The third kappa shape index (κ3) is 4.07. The van der Waals surface area contributed by atoms with Crippen molar-refractivity contribution in [3.05, 3.63) is 33.3 Å². The van der Waals surface area contributed by atoms with Crippen LogP contribution >= 0.6 is 31.9 Å². The van der Waals surface area contributed by atoms with Crippen molar-refractivity contribution in [2.24, 2.45) is 5.92 Å². The predicted octanol–water partition coefficient (Wildman–Crippen LogP) is 6.86. The molecular weight excluding hydrogens is 364 g/mol. The van der Waals surface area contributed by atoms with Crippen molar-refractivity contribution in [3.63, 3.8) is 0 Å². The Labute approximate surface area is 134 Å². The normalized spacial score (nSPS) is 19.8. The Hall–Kier alpha value is 0.180. The van der Waals surface area contributed by atoms with E-state index in [9.17, 15) is 0 Å². The zero-order chi connectivity index (χ0) is 13.8. The molecule has 1 saturated carbocycles. The van der Waals surface area contributed by atoms with Crippen LogP contribution in [-0.2, 0) is 0 Å². The molecule has 0 amide bonds. The van der Waals surface area contributed by atoms with Gasteiger partial charge in [0.1, 0.15) is 0 Å². The van der Waals surface area contributed by atoms with Gasteiger partial charge in [0.2, 0.25) is 0 Å². The molecule has 1 atom stereocenters. The van der Waals surface area contributed by atoms with Gasteiger partial charge in [0, 0.05) is 9.30 Å². The van der Waals surface area contributed by atoms with Crippen LogP contribution in [0.15, 0.2) is 16.6 Å². The maximum atomic E-state index is 4.00. The Bertz CT molecular complexity index is 418. The summed E-state index contributed by atoms with van der Waals surface area (Å²) >= 11 is 7.63. The lowest BCUT2D eigenvalue weighted by Crippen LogP contribution is -2.11. The lowest BCUT2D eigenvalue weighted by atomic mass is 9.85. The van der Waals surface area contributed by atoms with Crippen molar-refractivity contribution < 1.29 is 0 Å². The average Bonchev–Trinajstić information content (AvgIpc) is 2.32. The minimum atomic E-state index is 0.525. The van der Waals surface area contributed by atoms with E-state index in [2.05, 4.69) is 57.8 Å². The van der Waals surface area contributed by atoms with E-state index >= 15 is 0 Å². The first-order valence-corrected chi connectivity index (χ1v) is 9.21. The molecule has 0 aliphatic heterocycles. The zero-order valence-corrected chi connectivity index (χ0v) is 15.2. The van der Waals surface area contributed by atoms with Crippen LogP contribution in [0.1, 0.15) is 66.5 Å². The number of aryl methyl sites for hydroxylation is 2. The van der Waals surface area contributed by atoms with Crippen LogP contribution in [0.2, 0.25) is 0 Å². The Morgan fingerprint density at radius 1 is 0.947 bits per heavy atom. The second-order valence-electron chi connectivity index (χ2n) is 5.96. The fourth-order valence-corrected chi connectivity index (χ4v) is 4.61. The molecule has 0 nitrogen and oxygen atoms in total. The summed E-state index contributed by atoms with van der Waals surface area (Å²) in [6.07, 6.45) is 9.86. The van der Waals surface area contributed by atoms with Gasteiger partial charge in [-0.15, -0.1) is 0 Å². The van der Waals surface area contributed by atoms with Crippen LogP contribution in [0.5, 0.6) is 0 Å². The van der Waals surface area contributed by atoms with E-state index in [1.165, 1.54) is 66.1 Å². The fraction of sp³-hybridized carbons (Fsp3) is 0.647. The summed E-state index contributed by atoms with van der Waals surface area (Å²) in [5, 5.41) is 0. The molecule has 0 aromatic heterocycles. The van der Waals surface area contributed by atoms with Crippen molar-refractivity contribution in [1.82, 2.24) is 0 Å². The molecule has 0 radical (unpaired) electrons. The van der Waals surface area contributed by atoms with Gasteiger partial charge in [0.15, 0.2) is 0 Å². The Morgan fingerprint density at radius 3 is 2.16 bits per heavy atom. The molecule has 0 N–H and O–H groups in total. The monoisotopic (exact) mass is 386 g/mol. The van der Waals surface area contributed by atoms with Gasteiger partial charge in [0.05, 0.1) is 0 Å². The predicted molar refractivity (Wildman–Crippen MR) is 91.1 cm³/mol. The van der Waals surface area contributed by atoms with E-state index in [0.29, 0.717) is 4.83 Å². The summed E-state index contributed by atoms with van der Waals surface area (Å²) in [5.74, 6) is 0.805. The fourth-order valence-electron chi connectivity index (χ4n) is 3.13. The summed E-state index contributed by atoms with van der Waals surface area (Å²) in [6.45, 7) is 4.42. The minimum absolute atomic E-state index is 0.525. The summed E-state index contributed by atoms with van der Waals surface area (Å²) in [5.41, 5.74) is 4.24. The number of hydrogen-bond acceptors (Lipinski definition) is 0. The first-order chi connectivity index (χ1) is 9.09. The van der Waals surface area contributed by atoms with Crippen LogP contribution in [0, 0.1) is 19.8 Å². The molecule has 1 unspecified atom stereocenters. The molecule has 1 aromatic rings. The van der Waals surface area contributed by atoms with Gasteiger partial charge >= 0.3 is 0 Å². The highest BCUT2D eigenvalue weighted by atomic mass is 79.9. The second-order valence-corrected chi connectivity index (χ2v) is 7.81. The van der Waals surface area contributed by atoms with E-state index < -0.39 is 0 Å². The number of halogens is 2. The van der Waals surface area contributed by atoms with E-state index in [1.54, 1.807) is 0 Å². The third-order valence-corrected chi connectivity index (χ3v) is 6.50. The quantitative estimate of drug-likeness (QED) is 0.486. The Balaban J connectivity index is 2.17. The lowest BCUT2D eigenvalue weighted by molar-refractivity contribution is 0.374. The summed E-state index contributed by atoms with van der Waals surface area (Å²) < 4.78 is 1.23. The maximum absolute atomic E-state index is 4.00.